The van der Waals surface area contributed by atoms with E-state index in [1.165, 1.54) is 19.1 Å². The van der Waals surface area contributed by atoms with Crippen molar-refractivity contribution >= 4 is 17.9 Å². The number of alkyl carbamates (subject to hydrolysis) is 1. The van der Waals surface area contributed by atoms with Crippen LogP contribution in [0.1, 0.15) is 52.7 Å². The monoisotopic (exact) mass is 582 g/mol. The zero-order valence-corrected chi connectivity index (χ0v) is 25.6. The van der Waals surface area contributed by atoms with E-state index in [1.807, 2.05) is 30.3 Å². The van der Waals surface area contributed by atoms with Crippen LogP contribution in [0.5, 0.6) is 11.5 Å². The van der Waals surface area contributed by atoms with E-state index in [0.29, 0.717) is 17.1 Å². The molecule has 2 atom stereocenters. The van der Waals surface area contributed by atoms with Crippen molar-refractivity contribution in [3.63, 3.8) is 0 Å². The first kappa shape index (κ1) is 33.8. The van der Waals surface area contributed by atoms with Gasteiger partial charge in [-0.25, -0.2) is 4.79 Å². The van der Waals surface area contributed by atoms with Crippen LogP contribution < -0.4 is 20.1 Å². The van der Waals surface area contributed by atoms with Crippen molar-refractivity contribution in [2.24, 2.45) is 5.11 Å². The molecule has 0 saturated heterocycles. The van der Waals surface area contributed by atoms with Crippen molar-refractivity contribution in [2.75, 3.05) is 20.8 Å². The lowest BCUT2D eigenvalue weighted by atomic mass is 9.96. The fourth-order valence-electron chi connectivity index (χ4n) is 4.12. The maximum absolute atomic E-state index is 14.4. The Bertz CT molecular complexity index is 1270. The minimum absolute atomic E-state index is 0.0293. The highest BCUT2D eigenvalue weighted by Crippen LogP contribution is 2.29. The van der Waals surface area contributed by atoms with Crippen molar-refractivity contribution in [1.82, 2.24) is 15.5 Å². The number of nitrogens with zero attached hydrogens (tertiary/aromatic N) is 4. The summed E-state index contributed by atoms with van der Waals surface area (Å²) in [5, 5.41) is 9.07. The van der Waals surface area contributed by atoms with Gasteiger partial charge in [-0.05, 0) is 64.8 Å². The average molecular weight is 583 g/mol. The fraction of sp³-hybridized carbons (Fsp3) is 0.500. The normalized spacial score (nSPS) is 12.7. The van der Waals surface area contributed by atoms with Crippen LogP contribution in [0.2, 0.25) is 0 Å². The molecule has 0 aromatic heterocycles. The quantitative estimate of drug-likeness (QED) is 0.197. The van der Waals surface area contributed by atoms with E-state index < -0.39 is 41.1 Å². The summed E-state index contributed by atoms with van der Waals surface area (Å²) in [4.78, 5) is 45.1. The Kier molecular flexibility index (Phi) is 12.0. The molecule has 2 rings (SSSR count). The van der Waals surface area contributed by atoms with Crippen LogP contribution in [0, 0.1) is 0 Å². The lowest BCUT2D eigenvalue weighted by Gasteiger charge is -2.40. The molecule has 0 bridgehead atoms. The Balaban J connectivity index is 2.57. The molecular weight excluding hydrogens is 540 g/mol. The third-order valence-electron chi connectivity index (χ3n) is 6.39. The Morgan fingerprint density at radius 1 is 1.00 bits per heavy atom. The lowest BCUT2D eigenvalue weighted by Crippen LogP contribution is -2.62. The number of hydrogen-bond donors (Lipinski definition) is 2. The highest BCUT2D eigenvalue weighted by Gasteiger charge is 2.42. The summed E-state index contributed by atoms with van der Waals surface area (Å²) in [7, 11) is 3.04. The second kappa shape index (κ2) is 15.0. The summed E-state index contributed by atoms with van der Waals surface area (Å²) >= 11 is 0. The summed E-state index contributed by atoms with van der Waals surface area (Å²) in [6.07, 6.45) is -0.607. The molecule has 228 valence electrons. The topological polar surface area (TPSA) is 155 Å². The Labute approximate surface area is 247 Å². The standard InChI is InChI=1S/C30H42N6O6/c1-20(18-32-35-31)33-27(38)30(5,6)36(19-22-14-15-23(40-7)17-25(22)41-8)26(37)24(16-21-12-10-9-11-13-21)34-28(39)42-29(2,3)4/h9-15,17,20,24H,16,18-19H2,1-8H3,(H,33,38)(H,34,39)/t20-,24-/m0/s1. The number of hydrogen-bond acceptors (Lipinski definition) is 7. The van der Waals surface area contributed by atoms with Gasteiger partial charge in [0, 0.05) is 35.5 Å². The van der Waals surface area contributed by atoms with Gasteiger partial charge in [-0.1, -0.05) is 35.4 Å². The molecule has 0 aliphatic rings. The first-order valence-corrected chi connectivity index (χ1v) is 13.6. The maximum Gasteiger partial charge on any atom is 0.408 e. The second-order valence-corrected chi connectivity index (χ2v) is 11.3. The van der Waals surface area contributed by atoms with Crippen LogP contribution in [-0.4, -0.2) is 66.8 Å². The van der Waals surface area contributed by atoms with Gasteiger partial charge in [-0.3, -0.25) is 9.59 Å². The number of carbonyl (C=O) groups is 3. The van der Waals surface area contributed by atoms with Gasteiger partial charge in [0.1, 0.15) is 28.7 Å². The first-order chi connectivity index (χ1) is 19.7. The number of rotatable bonds is 13. The Morgan fingerprint density at radius 3 is 2.24 bits per heavy atom. The SMILES string of the molecule is COc1ccc(CN(C(=O)[C@H](Cc2ccccc2)NC(=O)OC(C)(C)C)C(C)(C)C(=O)N[C@@H](C)CN=[N+]=[N-])c(OC)c1. The molecule has 2 aromatic rings. The summed E-state index contributed by atoms with van der Waals surface area (Å²) < 4.78 is 16.4. The number of methoxy groups -OCH3 is 2. The van der Waals surface area contributed by atoms with Gasteiger partial charge in [0.25, 0.3) is 0 Å². The van der Waals surface area contributed by atoms with E-state index in [1.54, 1.807) is 59.7 Å². The first-order valence-electron chi connectivity index (χ1n) is 13.6. The lowest BCUT2D eigenvalue weighted by molar-refractivity contribution is -0.148. The minimum atomic E-state index is -1.42. The zero-order valence-electron chi connectivity index (χ0n) is 25.6. The second-order valence-electron chi connectivity index (χ2n) is 11.3. The smallest absolute Gasteiger partial charge is 0.408 e. The van der Waals surface area contributed by atoms with Crippen molar-refractivity contribution in [2.45, 2.75) is 77.7 Å². The third kappa shape index (κ3) is 9.88. The van der Waals surface area contributed by atoms with Gasteiger partial charge in [-0.15, -0.1) is 0 Å². The van der Waals surface area contributed by atoms with Crippen molar-refractivity contribution < 1.29 is 28.6 Å². The fourth-order valence-corrected chi connectivity index (χ4v) is 4.12. The molecule has 0 aliphatic heterocycles. The molecule has 0 heterocycles. The molecule has 0 unspecified atom stereocenters. The third-order valence-corrected chi connectivity index (χ3v) is 6.39. The molecule has 0 aliphatic carbocycles. The zero-order chi connectivity index (χ0) is 31.5. The molecular formula is C30H42N6O6. The van der Waals surface area contributed by atoms with E-state index in [2.05, 4.69) is 20.7 Å². The van der Waals surface area contributed by atoms with Gasteiger partial charge in [0.05, 0.1) is 20.8 Å². The van der Waals surface area contributed by atoms with Crippen molar-refractivity contribution in [3.8, 4) is 11.5 Å². The largest absolute Gasteiger partial charge is 0.497 e. The summed E-state index contributed by atoms with van der Waals surface area (Å²) in [6.45, 7) is 10.1. The van der Waals surface area contributed by atoms with Crippen LogP contribution in [0.4, 0.5) is 4.79 Å². The van der Waals surface area contributed by atoms with E-state index in [-0.39, 0.29) is 19.5 Å². The molecule has 0 fully saturated rings. The number of amides is 3. The molecule has 3 amide bonds. The highest BCUT2D eigenvalue weighted by molar-refractivity contribution is 5.94. The average Bonchev–Trinajstić information content (AvgIpc) is 2.93. The van der Waals surface area contributed by atoms with Gasteiger partial charge in [0.2, 0.25) is 11.8 Å². The van der Waals surface area contributed by atoms with Gasteiger partial charge in [0.15, 0.2) is 0 Å². The van der Waals surface area contributed by atoms with Gasteiger partial charge >= 0.3 is 6.09 Å². The molecule has 2 aromatic carbocycles. The number of benzene rings is 2. The molecule has 0 saturated carbocycles. The van der Waals surface area contributed by atoms with Gasteiger partial charge < -0.3 is 29.7 Å². The molecule has 0 spiro atoms. The maximum atomic E-state index is 14.4. The van der Waals surface area contributed by atoms with E-state index in [4.69, 9.17) is 19.7 Å². The predicted molar refractivity (Wildman–Crippen MR) is 159 cm³/mol. The summed E-state index contributed by atoms with van der Waals surface area (Å²) in [5.41, 5.74) is 7.88. The van der Waals surface area contributed by atoms with E-state index in [9.17, 15) is 14.4 Å². The van der Waals surface area contributed by atoms with E-state index >= 15 is 0 Å². The van der Waals surface area contributed by atoms with Crippen molar-refractivity contribution in [3.05, 3.63) is 70.1 Å². The molecule has 0 radical (unpaired) electrons. The molecule has 12 nitrogen and oxygen atoms in total. The van der Waals surface area contributed by atoms with Crippen LogP contribution in [0.3, 0.4) is 0 Å². The number of ether oxygens (including phenoxy) is 3. The van der Waals surface area contributed by atoms with Crippen LogP contribution in [0.15, 0.2) is 53.6 Å². The number of azide groups is 1. The van der Waals surface area contributed by atoms with Gasteiger partial charge in [-0.2, -0.15) is 0 Å². The number of nitrogens with one attached hydrogen (secondary N) is 2. The van der Waals surface area contributed by atoms with E-state index in [0.717, 1.165) is 5.56 Å². The molecule has 12 heteroatoms. The summed E-state index contributed by atoms with van der Waals surface area (Å²) in [6, 6.07) is 12.9. The highest BCUT2D eigenvalue weighted by atomic mass is 16.6. The van der Waals surface area contributed by atoms with Crippen LogP contribution in [-0.2, 0) is 27.3 Å². The number of carbonyl (C=O) groups excluding carboxylic acids is 3. The minimum Gasteiger partial charge on any atom is -0.497 e. The van der Waals surface area contributed by atoms with Crippen LogP contribution in [0.25, 0.3) is 10.4 Å². The summed E-state index contributed by atoms with van der Waals surface area (Å²) in [5.74, 6) is 0.0378. The Hall–Kier alpha value is -4.44. The Morgan fingerprint density at radius 2 is 1.67 bits per heavy atom. The van der Waals surface area contributed by atoms with Crippen molar-refractivity contribution in [1.29, 1.82) is 0 Å². The molecule has 2 N–H and O–H groups in total. The predicted octanol–water partition coefficient (Wildman–Crippen LogP) is 4.76. The van der Waals surface area contributed by atoms with Crippen LogP contribution >= 0.6 is 0 Å². The molecule has 42 heavy (non-hydrogen) atoms.